The molecule has 1 aliphatic rings. The van der Waals surface area contributed by atoms with Gasteiger partial charge in [0.1, 0.15) is 12.7 Å². The van der Waals surface area contributed by atoms with Gasteiger partial charge in [-0.25, -0.2) is 4.98 Å². The van der Waals surface area contributed by atoms with Crippen molar-refractivity contribution in [2.75, 3.05) is 20.8 Å². The fourth-order valence-corrected chi connectivity index (χ4v) is 2.02. The Labute approximate surface area is 135 Å². The van der Waals surface area contributed by atoms with Crippen LogP contribution in [0.5, 0.6) is 23.1 Å². The zero-order valence-corrected chi connectivity index (χ0v) is 13.5. The summed E-state index contributed by atoms with van der Waals surface area (Å²) in [6.07, 6.45) is 1.72. The topological polar surface area (TPSA) is 70.0 Å². The van der Waals surface area contributed by atoms with Crippen LogP contribution in [0.3, 0.4) is 0 Å². The van der Waals surface area contributed by atoms with Crippen LogP contribution in [0.25, 0.3) is 0 Å². The first-order valence-electron chi connectivity index (χ1n) is 7.24. The number of pyridine rings is 1. The Kier molecular flexibility index (Phi) is 6.05. The van der Waals surface area contributed by atoms with E-state index in [2.05, 4.69) is 4.98 Å². The third kappa shape index (κ3) is 4.50. The van der Waals surface area contributed by atoms with Crippen LogP contribution in [0, 0.1) is 0 Å². The zero-order valence-electron chi connectivity index (χ0n) is 13.5. The minimum atomic E-state index is -0.0403. The third-order valence-electron chi connectivity index (χ3n) is 3.12. The van der Waals surface area contributed by atoms with Gasteiger partial charge in [0.25, 0.3) is 0 Å². The highest BCUT2D eigenvalue weighted by Gasteiger charge is 2.22. The summed E-state index contributed by atoms with van der Waals surface area (Å²) in [6, 6.07) is 9.06. The van der Waals surface area contributed by atoms with Gasteiger partial charge in [0.05, 0.1) is 20.8 Å². The van der Waals surface area contributed by atoms with Crippen molar-refractivity contribution in [1.29, 1.82) is 0 Å². The number of aliphatic hydroxyl groups excluding tert-OH is 1. The molecular formula is C17H21NO5. The van der Waals surface area contributed by atoms with E-state index in [0.717, 1.165) is 5.56 Å². The van der Waals surface area contributed by atoms with Crippen LogP contribution >= 0.6 is 0 Å². The SMILES string of the molecule is COc1cc(CO)cc2c1OCC(C)O2.COc1ccccn1. The molecule has 0 aliphatic carbocycles. The quantitative estimate of drug-likeness (QED) is 0.937. The van der Waals surface area contributed by atoms with Crippen molar-refractivity contribution in [2.45, 2.75) is 19.6 Å². The number of aliphatic hydroxyl groups is 1. The Bertz CT molecular complexity index is 618. The molecular weight excluding hydrogens is 298 g/mol. The maximum Gasteiger partial charge on any atom is 0.212 e. The lowest BCUT2D eigenvalue weighted by molar-refractivity contribution is 0.0999. The summed E-state index contributed by atoms with van der Waals surface area (Å²) in [7, 11) is 3.17. The number of hydrogen-bond donors (Lipinski definition) is 1. The Morgan fingerprint density at radius 3 is 2.65 bits per heavy atom. The molecule has 1 unspecified atom stereocenters. The summed E-state index contributed by atoms with van der Waals surface area (Å²) in [6.45, 7) is 2.41. The van der Waals surface area contributed by atoms with Crippen LogP contribution in [0.4, 0.5) is 0 Å². The molecule has 1 N–H and O–H groups in total. The van der Waals surface area contributed by atoms with E-state index in [4.69, 9.17) is 24.1 Å². The number of fused-ring (bicyclic) bond motifs is 1. The van der Waals surface area contributed by atoms with E-state index in [0.29, 0.717) is 29.7 Å². The van der Waals surface area contributed by atoms with E-state index in [1.165, 1.54) is 0 Å². The largest absolute Gasteiger partial charge is 0.493 e. The third-order valence-corrected chi connectivity index (χ3v) is 3.12. The van der Waals surface area contributed by atoms with Gasteiger partial charge >= 0.3 is 0 Å². The van der Waals surface area contributed by atoms with Crippen molar-refractivity contribution in [3.8, 4) is 23.1 Å². The molecule has 0 fully saturated rings. The molecule has 0 amide bonds. The van der Waals surface area contributed by atoms with E-state index < -0.39 is 0 Å². The average molecular weight is 319 g/mol. The molecule has 2 heterocycles. The monoisotopic (exact) mass is 319 g/mol. The second-order valence-corrected chi connectivity index (χ2v) is 4.90. The number of nitrogens with zero attached hydrogens (tertiary/aromatic N) is 1. The van der Waals surface area contributed by atoms with Crippen molar-refractivity contribution in [1.82, 2.24) is 4.98 Å². The first-order valence-corrected chi connectivity index (χ1v) is 7.24. The molecule has 23 heavy (non-hydrogen) atoms. The van der Waals surface area contributed by atoms with Gasteiger partial charge in [-0.1, -0.05) is 6.07 Å². The molecule has 1 aromatic heterocycles. The first kappa shape index (κ1) is 16.9. The van der Waals surface area contributed by atoms with Crippen LogP contribution in [-0.2, 0) is 6.61 Å². The fraction of sp³-hybridized carbons (Fsp3) is 0.353. The van der Waals surface area contributed by atoms with Crippen LogP contribution in [0.2, 0.25) is 0 Å². The molecule has 0 saturated carbocycles. The highest BCUT2D eigenvalue weighted by molar-refractivity contribution is 5.54. The van der Waals surface area contributed by atoms with Gasteiger partial charge in [0.2, 0.25) is 11.6 Å². The molecule has 1 atom stereocenters. The molecule has 6 nitrogen and oxygen atoms in total. The molecule has 6 heteroatoms. The highest BCUT2D eigenvalue weighted by Crippen LogP contribution is 2.41. The molecule has 0 bridgehead atoms. The van der Waals surface area contributed by atoms with Crippen molar-refractivity contribution < 1.29 is 24.1 Å². The van der Waals surface area contributed by atoms with Gasteiger partial charge in [-0.2, -0.15) is 0 Å². The minimum absolute atomic E-state index is 0.0242. The fourth-order valence-electron chi connectivity index (χ4n) is 2.02. The summed E-state index contributed by atoms with van der Waals surface area (Å²) in [5, 5.41) is 9.07. The summed E-state index contributed by atoms with van der Waals surface area (Å²) in [5.74, 6) is 2.51. The van der Waals surface area contributed by atoms with Crippen LogP contribution in [0.15, 0.2) is 36.5 Å². The van der Waals surface area contributed by atoms with Gasteiger partial charge < -0.3 is 24.1 Å². The molecule has 0 radical (unpaired) electrons. The lowest BCUT2D eigenvalue weighted by Gasteiger charge is -2.25. The van der Waals surface area contributed by atoms with Crippen molar-refractivity contribution >= 4 is 0 Å². The summed E-state index contributed by atoms with van der Waals surface area (Å²) in [4.78, 5) is 3.88. The molecule has 1 aromatic carbocycles. The second-order valence-electron chi connectivity index (χ2n) is 4.90. The Morgan fingerprint density at radius 2 is 2.09 bits per heavy atom. The lowest BCUT2D eigenvalue weighted by Crippen LogP contribution is -2.26. The molecule has 0 saturated heterocycles. The number of ether oxygens (including phenoxy) is 4. The van der Waals surface area contributed by atoms with Gasteiger partial charge in [0.15, 0.2) is 11.5 Å². The van der Waals surface area contributed by atoms with Crippen LogP contribution in [-0.4, -0.2) is 37.0 Å². The van der Waals surface area contributed by atoms with Gasteiger partial charge in [-0.05, 0) is 30.7 Å². The second kappa shape index (κ2) is 8.24. The first-order chi connectivity index (χ1) is 11.2. The van der Waals surface area contributed by atoms with E-state index in [1.54, 1.807) is 38.6 Å². The van der Waals surface area contributed by atoms with E-state index in [9.17, 15) is 0 Å². The number of benzene rings is 1. The summed E-state index contributed by atoms with van der Waals surface area (Å²) < 4.78 is 21.1. The van der Waals surface area contributed by atoms with Gasteiger partial charge in [-0.3, -0.25) is 0 Å². The highest BCUT2D eigenvalue weighted by atomic mass is 16.6. The predicted octanol–water partition coefficient (Wildman–Crippen LogP) is 2.44. The maximum absolute atomic E-state index is 9.07. The van der Waals surface area contributed by atoms with Crippen LogP contribution in [0.1, 0.15) is 12.5 Å². The standard InChI is InChI=1S/C11H14O4.C6H7NO/c1-7-6-14-11-9(13-2)3-8(5-12)4-10(11)15-7;1-8-6-4-2-3-5-7-6/h3-4,7,12H,5-6H2,1-2H3;2-5H,1H3. The Morgan fingerprint density at radius 1 is 1.26 bits per heavy atom. The van der Waals surface area contributed by atoms with E-state index in [-0.39, 0.29) is 12.7 Å². The Hall–Kier alpha value is -2.47. The van der Waals surface area contributed by atoms with Gasteiger partial charge in [-0.15, -0.1) is 0 Å². The van der Waals surface area contributed by atoms with E-state index >= 15 is 0 Å². The molecule has 124 valence electrons. The van der Waals surface area contributed by atoms with Crippen molar-refractivity contribution in [3.63, 3.8) is 0 Å². The summed E-state index contributed by atoms with van der Waals surface area (Å²) in [5.41, 5.74) is 0.753. The lowest BCUT2D eigenvalue weighted by atomic mass is 10.2. The Balaban J connectivity index is 0.000000203. The molecule has 2 aromatic rings. The number of aromatic nitrogens is 1. The molecule has 3 rings (SSSR count). The van der Waals surface area contributed by atoms with Gasteiger partial charge in [0, 0.05) is 12.3 Å². The predicted molar refractivity (Wildman–Crippen MR) is 85.3 cm³/mol. The smallest absolute Gasteiger partial charge is 0.212 e. The number of methoxy groups -OCH3 is 2. The minimum Gasteiger partial charge on any atom is -0.493 e. The van der Waals surface area contributed by atoms with Crippen LogP contribution < -0.4 is 18.9 Å². The van der Waals surface area contributed by atoms with E-state index in [1.807, 2.05) is 19.1 Å². The molecule has 0 spiro atoms. The maximum atomic E-state index is 9.07. The van der Waals surface area contributed by atoms with Crippen molar-refractivity contribution in [3.05, 3.63) is 42.1 Å². The normalized spacial score (nSPS) is 15.2. The zero-order chi connectivity index (χ0) is 16.7. The van der Waals surface area contributed by atoms with Crippen molar-refractivity contribution in [2.24, 2.45) is 0 Å². The number of hydrogen-bond acceptors (Lipinski definition) is 6. The summed E-state index contributed by atoms with van der Waals surface area (Å²) >= 11 is 0. The molecule has 1 aliphatic heterocycles. The average Bonchev–Trinajstić information content (AvgIpc) is 2.61. The number of rotatable bonds is 3.